The van der Waals surface area contributed by atoms with E-state index in [1.807, 2.05) is 31.2 Å². The van der Waals surface area contributed by atoms with Crippen molar-refractivity contribution in [3.8, 4) is 0 Å². The standard InChI is InChI=1S/C19H16O2/c1-12(13(2)20)8-10-16-14(3)21-18-11-9-15-6-4-5-7-17(15)19(16)18/h4-11H,1H2,2-3H3/b10-8-. The van der Waals surface area contributed by atoms with Gasteiger partial charge in [-0.2, -0.15) is 0 Å². The molecule has 0 aliphatic rings. The van der Waals surface area contributed by atoms with Gasteiger partial charge in [0.25, 0.3) is 0 Å². The van der Waals surface area contributed by atoms with Crippen molar-refractivity contribution in [3.63, 3.8) is 0 Å². The summed E-state index contributed by atoms with van der Waals surface area (Å²) in [6, 6.07) is 12.3. The van der Waals surface area contributed by atoms with Crippen molar-refractivity contribution >= 4 is 33.6 Å². The molecule has 0 aliphatic carbocycles. The van der Waals surface area contributed by atoms with Crippen LogP contribution in [0.2, 0.25) is 0 Å². The van der Waals surface area contributed by atoms with Crippen LogP contribution in [0, 0.1) is 6.92 Å². The molecule has 0 fully saturated rings. The molecule has 0 saturated heterocycles. The molecule has 0 amide bonds. The lowest BCUT2D eigenvalue weighted by atomic mass is 10.0. The third-order valence-corrected chi connectivity index (χ3v) is 3.71. The van der Waals surface area contributed by atoms with Gasteiger partial charge < -0.3 is 4.42 Å². The van der Waals surface area contributed by atoms with Gasteiger partial charge in [0.2, 0.25) is 0 Å². The predicted octanol–water partition coefficient (Wildman–Crippen LogP) is 5.05. The smallest absolute Gasteiger partial charge is 0.159 e. The average molecular weight is 276 g/mol. The summed E-state index contributed by atoms with van der Waals surface area (Å²) in [4.78, 5) is 11.3. The number of ketones is 1. The second-order valence-electron chi connectivity index (χ2n) is 5.15. The Kier molecular flexibility index (Phi) is 3.22. The van der Waals surface area contributed by atoms with Gasteiger partial charge in [-0.05, 0) is 30.7 Å². The third-order valence-electron chi connectivity index (χ3n) is 3.71. The summed E-state index contributed by atoms with van der Waals surface area (Å²) < 4.78 is 5.83. The van der Waals surface area contributed by atoms with Gasteiger partial charge in [0.05, 0.1) is 0 Å². The van der Waals surface area contributed by atoms with E-state index in [4.69, 9.17) is 4.42 Å². The second-order valence-corrected chi connectivity index (χ2v) is 5.15. The van der Waals surface area contributed by atoms with Crippen molar-refractivity contribution in [2.75, 3.05) is 0 Å². The molecule has 0 aliphatic heterocycles. The lowest BCUT2D eigenvalue weighted by molar-refractivity contribution is -0.113. The van der Waals surface area contributed by atoms with Crippen molar-refractivity contribution in [1.29, 1.82) is 0 Å². The highest BCUT2D eigenvalue weighted by atomic mass is 16.3. The van der Waals surface area contributed by atoms with E-state index >= 15 is 0 Å². The molecule has 2 nitrogen and oxygen atoms in total. The van der Waals surface area contributed by atoms with E-state index in [-0.39, 0.29) is 5.78 Å². The Bertz CT molecular complexity index is 894. The molecule has 0 atom stereocenters. The number of carbonyl (C=O) groups excluding carboxylic acids is 1. The molecular formula is C19H16O2. The minimum absolute atomic E-state index is 0.0263. The summed E-state index contributed by atoms with van der Waals surface area (Å²) >= 11 is 0. The quantitative estimate of drug-likeness (QED) is 0.495. The molecular weight excluding hydrogens is 260 g/mol. The van der Waals surface area contributed by atoms with Gasteiger partial charge in [-0.25, -0.2) is 0 Å². The SMILES string of the molecule is C=C(/C=C\c1c(C)oc2ccc3ccccc3c12)C(C)=O. The Hall–Kier alpha value is -2.61. The first-order chi connectivity index (χ1) is 10.1. The molecule has 1 heterocycles. The zero-order valence-electron chi connectivity index (χ0n) is 12.1. The molecule has 2 aromatic carbocycles. The van der Waals surface area contributed by atoms with Gasteiger partial charge >= 0.3 is 0 Å². The second kappa shape index (κ2) is 5.06. The molecule has 0 spiro atoms. The number of hydrogen-bond acceptors (Lipinski definition) is 2. The lowest BCUT2D eigenvalue weighted by Crippen LogP contribution is -1.89. The molecule has 0 radical (unpaired) electrons. The van der Waals surface area contributed by atoms with Gasteiger partial charge in [0.15, 0.2) is 5.78 Å². The van der Waals surface area contributed by atoms with Crippen molar-refractivity contribution in [2.45, 2.75) is 13.8 Å². The number of Topliss-reactive ketones (excluding diaryl/α,β-unsaturated/α-hetero) is 1. The number of aryl methyl sites for hydroxylation is 1. The summed E-state index contributed by atoms with van der Waals surface area (Å²) in [5.74, 6) is 0.815. The van der Waals surface area contributed by atoms with Gasteiger partial charge in [-0.3, -0.25) is 4.79 Å². The molecule has 3 aromatic rings. The average Bonchev–Trinajstić information content (AvgIpc) is 2.80. The maximum atomic E-state index is 11.3. The molecule has 0 saturated carbocycles. The zero-order valence-corrected chi connectivity index (χ0v) is 12.1. The van der Waals surface area contributed by atoms with E-state index < -0.39 is 0 Å². The third kappa shape index (κ3) is 2.29. The van der Waals surface area contributed by atoms with Crippen LogP contribution < -0.4 is 0 Å². The summed E-state index contributed by atoms with van der Waals surface area (Å²) in [6.45, 7) is 7.21. The number of hydrogen-bond donors (Lipinski definition) is 0. The van der Waals surface area contributed by atoms with Crippen LogP contribution in [0.4, 0.5) is 0 Å². The Morgan fingerprint density at radius 1 is 1.19 bits per heavy atom. The van der Waals surface area contributed by atoms with E-state index in [1.54, 1.807) is 6.08 Å². The van der Waals surface area contributed by atoms with E-state index in [0.29, 0.717) is 5.57 Å². The minimum atomic E-state index is -0.0263. The van der Waals surface area contributed by atoms with E-state index in [2.05, 4.69) is 24.8 Å². The number of benzene rings is 2. The number of carbonyl (C=O) groups is 1. The van der Waals surface area contributed by atoms with Gasteiger partial charge in [-0.1, -0.05) is 49.1 Å². The number of furan rings is 1. The van der Waals surface area contributed by atoms with Crippen molar-refractivity contribution in [1.82, 2.24) is 0 Å². The van der Waals surface area contributed by atoms with Crippen LogP contribution in [0.5, 0.6) is 0 Å². The van der Waals surface area contributed by atoms with Gasteiger partial charge in [-0.15, -0.1) is 0 Å². The van der Waals surface area contributed by atoms with Gasteiger partial charge in [0.1, 0.15) is 11.3 Å². The highest BCUT2D eigenvalue weighted by Crippen LogP contribution is 2.33. The fourth-order valence-corrected chi connectivity index (χ4v) is 2.51. The Balaban J connectivity index is 2.26. The van der Waals surface area contributed by atoms with Crippen molar-refractivity contribution < 1.29 is 9.21 Å². The largest absolute Gasteiger partial charge is 0.461 e. The Labute approximate surface area is 123 Å². The van der Waals surface area contributed by atoms with E-state index in [9.17, 15) is 4.79 Å². The fraction of sp³-hybridized carbons (Fsp3) is 0.105. The number of fused-ring (bicyclic) bond motifs is 3. The van der Waals surface area contributed by atoms with Crippen LogP contribution in [0.15, 0.2) is 59.0 Å². The molecule has 0 unspecified atom stereocenters. The maximum Gasteiger partial charge on any atom is 0.159 e. The highest BCUT2D eigenvalue weighted by Gasteiger charge is 2.11. The van der Waals surface area contributed by atoms with Crippen LogP contribution in [-0.4, -0.2) is 5.78 Å². The lowest BCUT2D eigenvalue weighted by Gasteiger charge is -2.00. The van der Waals surface area contributed by atoms with Crippen LogP contribution in [0.3, 0.4) is 0 Å². The normalized spacial score (nSPS) is 11.5. The predicted molar refractivity (Wildman–Crippen MR) is 87.3 cm³/mol. The first-order valence-electron chi connectivity index (χ1n) is 6.86. The molecule has 0 N–H and O–H groups in total. The van der Waals surface area contributed by atoms with Crippen LogP contribution in [0.25, 0.3) is 27.8 Å². The highest BCUT2D eigenvalue weighted by molar-refractivity contribution is 6.10. The van der Waals surface area contributed by atoms with Crippen LogP contribution in [0.1, 0.15) is 18.2 Å². The van der Waals surface area contributed by atoms with Crippen LogP contribution >= 0.6 is 0 Å². The van der Waals surface area contributed by atoms with Crippen molar-refractivity contribution in [2.24, 2.45) is 0 Å². The van der Waals surface area contributed by atoms with E-state index in [0.717, 1.165) is 27.7 Å². The van der Waals surface area contributed by atoms with Crippen molar-refractivity contribution in [3.05, 3.63) is 65.9 Å². The van der Waals surface area contributed by atoms with Crippen LogP contribution in [-0.2, 0) is 4.79 Å². The Morgan fingerprint density at radius 2 is 1.95 bits per heavy atom. The summed E-state index contributed by atoms with van der Waals surface area (Å²) in [6.07, 6.45) is 3.67. The van der Waals surface area contributed by atoms with Gasteiger partial charge in [0, 0.05) is 16.5 Å². The first-order valence-corrected chi connectivity index (χ1v) is 6.86. The Morgan fingerprint density at radius 3 is 2.71 bits per heavy atom. The molecule has 1 aromatic heterocycles. The molecule has 104 valence electrons. The molecule has 3 rings (SSSR count). The monoisotopic (exact) mass is 276 g/mol. The maximum absolute atomic E-state index is 11.3. The summed E-state index contributed by atoms with van der Waals surface area (Å²) in [7, 11) is 0. The summed E-state index contributed by atoms with van der Waals surface area (Å²) in [5, 5.41) is 3.41. The zero-order chi connectivity index (χ0) is 15.0. The topological polar surface area (TPSA) is 30.2 Å². The molecule has 21 heavy (non-hydrogen) atoms. The number of allylic oxidation sites excluding steroid dienone is 2. The fourth-order valence-electron chi connectivity index (χ4n) is 2.51. The first kappa shape index (κ1) is 13.4. The molecule has 0 bridgehead atoms. The minimum Gasteiger partial charge on any atom is -0.461 e. The molecule has 2 heteroatoms. The summed E-state index contributed by atoms with van der Waals surface area (Å²) in [5.41, 5.74) is 2.35. The van der Waals surface area contributed by atoms with E-state index in [1.165, 1.54) is 12.3 Å². The number of rotatable bonds is 3.